The Hall–Kier alpha value is -1.06. The molecule has 0 bridgehead atoms. The second-order valence-corrected chi connectivity index (χ2v) is 7.14. The van der Waals surface area contributed by atoms with E-state index in [1.165, 1.54) is 29.5 Å². The molecule has 3 N–H and O–H groups in total. The van der Waals surface area contributed by atoms with Crippen LogP contribution in [0.1, 0.15) is 11.3 Å². The minimum absolute atomic E-state index is 0.0535. The van der Waals surface area contributed by atoms with Crippen molar-refractivity contribution in [3.8, 4) is 0 Å². The van der Waals surface area contributed by atoms with Gasteiger partial charge in [0.05, 0.1) is 27.7 Å². The number of benzene rings is 1. The first-order valence-electron chi connectivity index (χ1n) is 5.36. The summed E-state index contributed by atoms with van der Waals surface area (Å²) in [6.07, 6.45) is 0. The number of rotatable bonds is 5. The maximum Gasteiger partial charge on any atom is 0.240 e. The van der Waals surface area contributed by atoms with Crippen LogP contribution in [0.2, 0.25) is 5.02 Å². The number of aromatic nitrogens is 1. The molecule has 1 aromatic carbocycles. The van der Waals surface area contributed by atoms with Crippen LogP contribution in [0.15, 0.2) is 34.0 Å². The van der Waals surface area contributed by atoms with Crippen molar-refractivity contribution in [2.45, 2.75) is 11.4 Å². The molecule has 0 atom stereocenters. The van der Waals surface area contributed by atoms with Crippen molar-refractivity contribution in [2.24, 2.45) is 5.73 Å². The molecule has 0 fully saturated rings. The minimum Gasteiger partial charge on any atom is -0.389 e. The molecule has 0 unspecified atom stereocenters. The lowest BCUT2D eigenvalue weighted by molar-refractivity contribution is 0.580. The molecule has 1 aromatic heterocycles. The molecular weight excluding hydrogens is 338 g/mol. The molecule has 5 nitrogen and oxygen atoms in total. The number of sulfonamides is 1. The fourth-order valence-corrected chi connectivity index (χ4v) is 3.60. The third-order valence-electron chi connectivity index (χ3n) is 2.44. The van der Waals surface area contributed by atoms with Crippen LogP contribution >= 0.6 is 35.2 Å². The Kier molecular flexibility index (Phi) is 4.71. The van der Waals surface area contributed by atoms with E-state index in [0.717, 1.165) is 0 Å². The maximum absolute atomic E-state index is 12.1. The summed E-state index contributed by atoms with van der Waals surface area (Å²) in [7, 11) is -3.66. The predicted octanol–water partition coefficient (Wildman–Crippen LogP) is 1.91. The third-order valence-corrected chi connectivity index (χ3v) is 5.01. The summed E-state index contributed by atoms with van der Waals surface area (Å²) in [6, 6.07) is 4.21. The van der Waals surface area contributed by atoms with Crippen molar-refractivity contribution in [1.82, 2.24) is 9.71 Å². The van der Waals surface area contributed by atoms with Gasteiger partial charge in [0.25, 0.3) is 0 Å². The zero-order valence-corrected chi connectivity index (χ0v) is 13.2. The molecule has 0 aliphatic heterocycles. The van der Waals surface area contributed by atoms with Gasteiger partial charge in [-0.1, -0.05) is 23.8 Å². The number of hydrogen-bond acceptors (Lipinski definition) is 5. The molecular formula is C11H10ClN3O2S3. The average molecular weight is 348 g/mol. The van der Waals surface area contributed by atoms with Gasteiger partial charge >= 0.3 is 0 Å². The van der Waals surface area contributed by atoms with E-state index in [2.05, 4.69) is 9.71 Å². The Balaban J connectivity index is 2.21. The molecule has 0 amide bonds. The Labute approximate surface area is 130 Å². The normalized spacial score (nSPS) is 11.4. The van der Waals surface area contributed by atoms with Gasteiger partial charge in [0.15, 0.2) is 0 Å². The molecule has 1 heterocycles. The van der Waals surface area contributed by atoms with Gasteiger partial charge in [0.1, 0.15) is 4.99 Å². The van der Waals surface area contributed by atoms with Crippen molar-refractivity contribution < 1.29 is 8.42 Å². The van der Waals surface area contributed by atoms with Crippen LogP contribution in [0.25, 0.3) is 0 Å². The monoisotopic (exact) mass is 347 g/mol. The Morgan fingerprint density at radius 3 is 2.80 bits per heavy atom. The highest BCUT2D eigenvalue weighted by Gasteiger charge is 2.16. The highest BCUT2D eigenvalue weighted by Crippen LogP contribution is 2.21. The summed E-state index contributed by atoms with van der Waals surface area (Å²) in [5, 5.41) is 1.97. The lowest BCUT2D eigenvalue weighted by Crippen LogP contribution is -2.23. The second-order valence-electron chi connectivity index (χ2n) is 3.81. The first-order valence-corrected chi connectivity index (χ1v) is 8.57. The summed E-state index contributed by atoms with van der Waals surface area (Å²) in [6.45, 7) is 0.126. The number of nitrogens with two attached hydrogens (primary N) is 1. The molecule has 0 spiro atoms. The van der Waals surface area contributed by atoms with E-state index in [-0.39, 0.29) is 21.5 Å². The van der Waals surface area contributed by atoms with Crippen LogP contribution in [0, 0.1) is 0 Å². The first kappa shape index (κ1) is 15.3. The standard InChI is InChI=1S/C11H10ClN3O2S3/c12-10-3-8(1-2-9(10)11(13)18)20(16,17)15-4-7-5-19-6-14-7/h1-3,5-6,15H,4H2,(H2,13,18). The van der Waals surface area contributed by atoms with Crippen molar-refractivity contribution in [3.05, 3.63) is 45.4 Å². The molecule has 2 rings (SSSR count). The van der Waals surface area contributed by atoms with Crippen LogP contribution in [0.5, 0.6) is 0 Å². The van der Waals surface area contributed by atoms with Crippen molar-refractivity contribution in [1.29, 1.82) is 0 Å². The van der Waals surface area contributed by atoms with Crippen molar-refractivity contribution in [2.75, 3.05) is 0 Å². The van der Waals surface area contributed by atoms with Crippen LogP contribution < -0.4 is 10.5 Å². The van der Waals surface area contributed by atoms with E-state index in [1.54, 1.807) is 10.9 Å². The quantitative estimate of drug-likeness (QED) is 0.807. The number of thiocarbonyl (C=S) groups is 1. The largest absolute Gasteiger partial charge is 0.389 e. The van der Waals surface area contributed by atoms with Gasteiger partial charge in [-0.25, -0.2) is 18.1 Å². The number of thiazole rings is 1. The number of nitrogens with zero attached hydrogens (tertiary/aromatic N) is 1. The van der Waals surface area contributed by atoms with Gasteiger partial charge in [0, 0.05) is 10.9 Å². The molecule has 0 saturated carbocycles. The molecule has 0 aliphatic rings. The molecule has 0 saturated heterocycles. The van der Waals surface area contributed by atoms with Gasteiger partial charge in [-0.15, -0.1) is 11.3 Å². The summed E-state index contributed by atoms with van der Waals surface area (Å²) >= 11 is 12.2. The third kappa shape index (κ3) is 3.53. The molecule has 0 aliphatic carbocycles. The van der Waals surface area contributed by atoms with Crippen LogP contribution in [0.4, 0.5) is 0 Å². The van der Waals surface area contributed by atoms with Crippen LogP contribution in [-0.2, 0) is 16.6 Å². The average Bonchev–Trinajstić information content (AvgIpc) is 2.89. The first-order chi connectivity index (χ1) is 9.40. The number of halogens is 1. The fourth-order valence-electron chi connectivity index (χ4n) is 1.44. The zero-order valence-electron chi connectivity index (χ0n) is 10.0. The maximum atomic E-state index is 12.1. The van der Waals surface area contributed by atoms with Crippen LogP contribution in [0.3, 0.4) is 0 Å². The van der Waals surface area contributed by atoms with Gasteiger partial charge in [-0.3, -0.25) is 0 Å². The summed E-state index contributed by atoms with van der Waals surface area (Å²) in [4.78, 5) is 4.17. The number of nitrogens with one attached hydrogen (secondary N) is 1. The Morgan fingerprint density at radius 1 is 1.50 bits per heavy atom. The lowest BCUT2D eigenvalue weighted by Gasteiger charge is -2.08. The molecule has 9 heteroatoms. The minimum atomic E-state index is -3.66. The van der Waals surface area contributed by atoms with E-state index in [0.29, 0.717) is 11.3 Å². The predicted molar refractivity (Wildman–Crippen MR) is 83.5 cm³/mol. The highest BCUT2D eigenvalue weighted by atomic mass is 35.5. The van der Waals surface area contributed by atoms with Crippen molar-refractivity contribution in [3.63, 3.8) is 0 Å². The fraction of sp³-hybridized carbons (Fsp3) is 0.0909. The molecule has 2 aromatic rings. The zero-order chi connectivity index (χ0) is 14.8. The molecule has 20 heavy (non-hydrogen) atoms. The van der Waals surface area contributed by atoms with Crippen LogP contribution in [-0.4, -0.2) is 18.4 Å². The van der Waals surface area contributed by atoms with E-state index >= 15 is 0 Å². The van der Waals surface area contributed by atoms with Gasteiger partial charge in [-0.2, -0.15) is 0 Å². The van der Waals surface area contributed by atoms with E-state index in [9.17, 15) is 8.42 Å². The Bertz CT molecular complexity index is 729. The smallest absolute Gasteiger partial charge is 0.240 e. The van der Waals surface area contributed by atoms with Gasteiger partial charge < -0.3 is 5.73 Å². The molecule has 0 radical (unpaired) electrons. The summed E-state index contributed by atoms with van der Waals surface area (Å²) in [5.74, 6) is 0. The highest BCUT2D eigenvalue weighted by molar-refractivity contribution is 7.89. The Morgan fingerprint density at radius 2 is 2.25 bits per heavy atom. The van der Waals surface area contributed by atoms with Gasteiger partial charge in [-0.05, 0) is 18.2 Å². The molecule has 106 valence electrons. The topological polar surface area (TPSA) is 85.1 Å². The summed E-state index contributed by atoms with van der Waals surface area (Å²) < 4.78 is 26.7. The van der Waals surface area contributed by atoms with Crippen molar-refractivity contribution >= 4 is 50.2 Å². The van der Waals surface area contributed by atoms with E-state index < -0.39 is 10.0 Å². The van der Waals surface area contributed by atoms with E-state index in [4.69, 9.17) is 29.6 Å². The lowest BCUT2D eigenvalue weighted by atomic mass is 10.2. The van der Waals surface area contributed by atoms with Gasteiger partial charge in [0.2, 0.25) is 10.0 Å². The second kappa shape index (κ2) is 6.15. The number of hydrogen-bond donors (Lipinski definition) is 2. The van der Waals surface area contributed by atoms with E-state index in [1.807, 2.05) is 0 Å². The summed E-state index contributed by atoms with van der Waals surface area (Å²) in [5.41, 5.74) is 8.21. The SMILES string of the molecule is NC(=S)c1ccc(S(=O)(=O)NCc2cscn2)cc1Cl.